The van der Waals surface area contributed by atoms with E-state index in [1.807, 2.05) is 54.6 Å². The average molecular weight is 638 g/mol. The SMILES string of the molecule is COc1ccc(CN(C(=O)COc2ccc(S(=O)(=O)N3CCOCC3)cc2)[C@H](Cc2ccccc2)C(=O)NCCC(C)C)cc1. The van der Waals surface area contributed by atoms with E-state index in [-0.39, 0.29) is 29.9 Å². The molecular weight excluding hydrogens is 594 g/mol. The van der Waals surface area contributed by atoms with Gasteiger partial charge >= 0.3 is 0 Å². The van der Waals surface area contributed by atoms with Crippen molar-refractivity contribution in [3.63, 3.8) is 0 Å². The van der Waals surface area contributed by atoms with Crippen molar-refractivity contribution in [1.29, 1.82) is 0 Å². The fraction of sp³-hybridized carbons (Fsp3) is 0.412. The van der Waals surface area contributed by atoms with Crippen molar-refractivity contribution in [3.05, 3.63) is 90.0 Å². The summed E-state index contributed by atoms with van der Waals surface area (Å²) in [6.07, 6.45) is 1.14. The van der Waals surface area contributed by atoms with Crippen LogP contribution in [-0.4, -0.2) is 82.0 Å². The van der Waals surface area contributed by atoms with Gasteiger partial charge in [-0.25, -0.2) is 8.42 Å². The third-order valence-electron chi connectivity index (χ3n) is 7.60. The highest BCUT2D eigenvalue weighted by molar-refractivity contribution is 7.89. The molecule has 0 unspecified atom stereocenters. The number of nitrogens with one attached hydrogen (secondary N) is 1. The quantitative estimate of drug-likeness (QED) is 0.269. The zero-order valence-electron chi connectivity index (χ0n) is 26.2. The molecule has 0 radical (unpaired) electrons. The van der Waals surface area contributed by atoms with Gasteiger partial charge in [0.15, 0.2) is 6.61 Å². The molecule has 0 bridgehead atoms. The van der Waals surface area contributed by atoms with Crippen LogP contribution in [0.4, 0.5) is 0 Å². The van der Waals surface area contributed by atoms with Crippen molar-refractivity contribution in [1.82, 2.24) is 14.5 Å². The standard InChI is InChI=1S/C34H43N3O7S/c1-26(2)17-18-35-34(39)32(23-27-7-5-4-6-8-27)37(24-28-9-11-29(42-3)12-10-28)33(38)25-44-30-13-15-31(16-14-30)45(40,41)36-19-21-43-22-20-36/h4-16,26,32H,17-25H2,1-3H3,(H,35,39)/t32-/m1/s1. The predicted molar refractivity (Wildman–Crippen MR) is 171 cm³/mol. The minimum atomic E-state index is -3.66. The summed E-state index contributed by atoms with van der Waals surface area (Å²) in [6, 6.07) is 22.2. The maximum Gasteiger partial charge on any atom is 0.261 e. The summed E-state index contributed by atoms with van der Waals surface area (Å²) in [7, 11) is -2.07. The highest BCUT2D eigenvalue weighted by atomic mass is 32.2. The molecule has 0 spiro atoms. The van der Waals surface area contributed by atoms with Gasteiger partial charge in [0, 0.05) is 32.6 Å². The number of rotatable bonds is 15. The Hall–Kier alpha value is -3.93. The molecule has 1 N–H and O–H groups in total. The summed E-state index contributed by atoms with van der Waals surface area (Å²) < 4.78 is 43.8. The zero-order chi connectivity index (χ0) is 32.2. The smallest absolute Gasteiger partial charge is 0.261 e. The first-order valence-corrected chi connectivity index (χ1v) is 16.7. The molecule has 1 aliphatic rings. The normalized spacial score (nSPS) is 14.5. The minimum Gasteiger partial charge on any atom is -0.497 e. The number of sulfonamides is 1. The second-order valence-corrected chi connectivity index (χ2v) is 13.3. The molecule has 0 saturated carbocycles. The third kappa shape index (κ3) is 9.78. The fourth-order valence-corrected chi connectivity index (χ4v) is 6.36. The van der Waals surface area contributed by atoms with E-state index in [1.165, 1.54) is 28.6 Å². The van der Waals surface area contributed by atoms with Crippen LogP contribution in [-0.2, 0) is 37.3 Å². The van der Waals surface area contributed by atoms with Gasteiger partial charge in [-0.2, -0.15) is 4.31 Å². The van der Waals surface area contributed by atoms with Crippen LogP contribution in [0.25, 0.3) is 0 Å². The van der Waals surface area contributed by atoms with E-state index in [0.717, 1.165) is 17.5 Å². The summed E-state index contributed by atoms with van der Waals surface area (Å²) in [6.45, 7) is 5.84. The Morgan fingerprint density at radius 3 is 2.18 bits per heavy atom. The molecule has 1 saturated heterocycles. The molecule has 1 atom stereocenters. The topological polar surface area (TPSA) is 114 Å². The second-order valence-electron chi connectivity index (χ2n) is 11.3. The molecule has 1 heterocycles. The van der Waals surface area contributed by atoms with Crippen molar-refractivity contribution >= 4 is 21.8 Å². The Kier molecular flexibility index (Phi) is 12.4. The van der Waals surface area contributed by atoms with Crippen LogP contribution in [0, 0.1) is 5.92 Å². The maximum absolute atomic E-state index is 13.9. The van der Waals surface area contributed by atoms with Gasteiger partial charge in [-0.15, -0.1) is 0 Å². The average Bonchev–Trinajstić information content (AvgIpc) is 3.06. The van der Waals surface area contributed by atoms with E-state index in [1.54, 1.807) is 12.0 Å². The number of amides is 2. The fourth-order valence-electron chi connectivity index (χ4n) is 4.96. The van der Waals surface area contributed by atoms with Crippen molar-refractivity contribution in [2.24, 2.45) is 5.92 Å². The molecular formula is C34H43N3O7S. The van der Waals surface area contributed by atoms with Gasteiger partial charge in [0.25, 0.3) is 5.91 Å². The predicted octanol–water partition coefficient (Wildman–Crippen LogP) is 3.90. The summed E-state index contributed by atoms with van der Waals surface area (Å²) in [4.78, 5) is 29.2. The van der Waals surface area contributed by atoms with Crippen LogP contribution in [0.3, 0.4) is 0 Å². The first-order valence-electron chi connectivity index (χ1n) is 15.2. The lowest BCUT2D eigenvalue weighted by Gasteiger charge is -2.31. The first kappa shape index (κ1) is 34.0. The molecule has 3 aromatic rings. The lowest BCUT2D eigenvalue weighted by molar-refractivity contribution is -0.142. The number of benzene rings is 3. The molecule has 0 aromatic heterocycles. The van der Waals surface area contributed by atoms with Crippen molar-refractivity contribution < 1.29 is 32.2 Å². The Balaban J connectivity index is 1.54. The van der Waals surface area contributed by atoms with E-state index in [9.17, 15) is 18.0 Å². The van der Waals surface area contributed by atoms with Crippen LogP contribution in [0.2, 0.25) is 0 Å². The summed E-state index contributed by atoms with van der Waals surface area (Å²) in [5.74, 6) is 0.828. The summed E-state index contributed by atoms with van der Waals surface area (Å²) in [5.41, 5.74) is 1.75. The number of hydrogen-bond acceptors (Lipinski definition) is 7. The van der Waals surface area contributed by atoms with Gasteiger partial charge in [-0.3, -0.25) is 9.59 Å². The number of nitrogens with zero attached hydrogens (tertiary/aromatic N) is 2. The van der Waals surface area contributed by atoms with Crippen molar-refractivity contribution in [2.45, 2.75) is 44.2 Å². The number of morpholine rings is 1. The lowest BCUT2D eigenvalue weighted by Crippen LogP contribution is -2.52. The number of carbonyl (C=O) groups excluding carboxylic acids is 2. The molecule has 0 aliphatic carbocycles. The van der Waals surface area contributed by atoms with Crippen LogP contribution >= 0.6 is 0 Å². The summed E-state index contributed by atoms with van der Waals surface area (Å²) in [5, 5.41) is 3.03. The Morgan fingerprint density at radius 1 is 0.911 bits per heavy atom. The molecule has 1 fully saturated rings. The zero-order valence-corrected chi connectivity index (χ0v) is 27.0. The van der Waals surface area contributed by atoms with E-state index in [4.69, 9.17) is 14.2 Å². The highest BCUT2D eigenvalue weighted by Gasteiger charge is 2.31. The molecule has 242 valence electrons. The highest BCUT2D eigenvalue weighted by Crippen LogP contribution is 2.22. The lowest BCUT2D eigenvalue weighted by atomic mass is 10.0. The number of carbonyl (C=O) groups is 2. The van der Waals surface area contributed by atoms with E-state index in [2.05, 4.69) is 19.2 Å². The second kappa shape index (κ2) is 16.4. The van der Waals surface area contributed by atoms with Crippen molar-refractivity contribution in [3.8, 4) is 11.5 Å². The first-order chi connectivity index (χ1) is 21.7. The van der Waals surface area contributed by atoms with Crippen LogP contribution in [0.5, 0.6) is 11.5 Å². The van der Waals surface area contributed by atoms with Gasteiger partial charge < -0.3 is 24.4 Å². The van der Waals surface area contributed by atoms with Gasteiger partial charge in [-0.1, -0.05) is 56.3 Å². The van der Waals surface area contributed by atoms with Crippen LogP contribution in [0.15, 0.2) is 83.8 Å². The summed E-state index contributed by atoms with van der Waals surface area (Å²) >= 11 is 0. The van der Waals surface area contributed by atoms with Gasteiger partial charge in [0.1, 0.15) is 17.5 Å². The van der Waals surface area contributed by atoms with Crippen molar-refractivity contribution in [2.75, 3.05) is 46.6 Å². The molecule has 4 rings (SSSR count). The molecule has 11 heteroatoms. The Labute approximate surface area is 266 Å². The van der Waals surface area contributed by atoms with Crippen LogP contribution in [0.1, 0.15) is 31.4 Å². The number of hydrogen-bond donors (Lipinski definition) is 1. The van der Waals surface area contributed by atoms with E-state index < -0.39 is 16.1 Å². The Morgan fingerprint density at radius 2 is 1.56 bits per heavy atom. The molecule has 3 aromatic carbocycles. The third-order valence-corrected chi connectivity index (χ3v) is 9.51. The van der Waals surface area contributed by atoms with Gasteiger partial charge in [0.05, 0.1) is 25.2 Å². The molecule has 2 amide bonds. The van der Waals surface area contributed by atoms with E-state index in [0.29, 0.717) is 56.7 Å². The molecule has 1 aliphatic heterocycles. The van der Waals surface area contributed by atoms with E-state index >= 15 is 0 Å². The molecule has 10 nitrogen and oxygen atoms in total. The minimum absolute atomic E-state index is 0.144. The van der Waals surface area contributed by atoms with Gasteiger partial charge in [-0.05, 0) is 59.9 Å². The van der Waals surface area contributed by atoms with Gasteiger partial charge in [0.2, 0.25) is 15.9 Å². The molecule has 45 heavy (non-hydrogen) atoms. The van der Waals surface area contributed by atoms with Crippen LogP contribution < -0.4 is 14.8 Å². The Bertz CT molecular complexity index is 1470. The monoisotopic (exact) mass is 637 g/mol. The number of methoxy groups -OCH3 is 1. The number of ether oxygens (including phenoxy) is 3. The maximum atomic E-state index is 13.9. The largest absolute Gasteiger partial charge is 0.497 e.